The number of Topliss-reactive ketones (excluding diaryl/α,β-unsaturated/α-hetero) is 1. The molecule has 0 amide bonds. The van der Waals surface area contributed by atoms with Gasteiger partial charge >= 0.3 is 11.9 Å². The fraction of sp³-hybridized carbons (Fsp3) is 0.429. The van der Waals surface area contributed by atoms with Gasteiger partial charge in [0.05, 0.1) is 6.61 Å². The van der Waals surface area contributed by atoms with Crippen LogP contribution in [0.25, 0.3) is 0 Å². The maximum absolute atomic E-state index is 11.0. The second-order valence-corrected chi connectivity index (χ2v) is 2.20. The second kappa shape index (κ2) is 3.79. The van der Waals surface area contributed by atoms with Crippen molar-refractivity contribution in [1.29, 1.82) is 0 Å². The summed E-state index contributed by atoms with van der Waals surface area (Å²) in [4.78, 5) is 25.2. The molecule has 0 spiro atoms. The molecule has 1 aromatic heterocycles. The zero-order chi connectivity index (χ0) is 9.84. The minimum absolute atomic E-state index is 0.122. The van der Waals surface area contributed by atoms with Crippen molar-refractivity contribution in [2.75, 3.05) is 6.61 Å². The molecule has 0 aromatic carbocycles. The van der Waals surface area contributed by atoms with Gasteiger partial charge in [0.1, 0.15) is 0 Å². The summed E-state index contributed by atoms with van der Waals surface area (Å²) < 4.78 is 9.06. The number of ketones is 1. The largest absolute Gasteiger partial charge is 0.459 e. The molecule has 0 aliphatic rings. The number of carbonyl (C=O) groups excluding carboxylic acids is 2. The van der Waals surface area contributed by atoms with Gasteiger partial charge in [-0.05, 0) is 6.92 Å². The lowest BCUT2D eigenvalue weighted by Crippen LogP contribution is -2.05. The van der Waals surface area contributed by atoms with Gasteiger partial charge in [0, 0.05) is 6.92 Å². The van der Waals surface area contributed by atoms with Crippen molar-refractivity contribution in [1.82, 2.24) is 10.1 Å². The Morgan fingerprint density at radius 1 is 1.54 bits per heavy atom. The Morgan fingerprint density at radius 3 is 2.69 bits per heavy atom. The van der Waals surface area contributed by atoms with Crippen LogP contribution in [-0.2, 0) is 4.74 Å². The quantitative estimate of drug-likeness (QED) is 0.501. The lowest BCUT2D eigenvalue weighted by atomic mass is 10.4. The van der Waals surface area contributed by atoms with E-state index in [9.17, 15) is 9.59 Å². The lowest BCUT2D eigenvalue weighted by Gasteiger charge is -1.92. The molecule has 0 saturated heterocycles. The van der Waals surface area contributed by atoms with Crippen molar-refractivity contribution >= 4 is 11.8 Å². The van der Waals surface area contributed by atoms with Crippen molar-refractivity contribution in [2.45, 2.75) is 13.8 Å². The Bertz CT molecular complexity index is 331. The van der Waals surface area contributed by atoms with Crippen molar-refractivity contribution in [3.8, 4) is 0 Å². The number of hydrogen-bond acceptors (Lipinski definition) is 6. The SMILES string of the molecule is CCOC(=O)c1nc(C(C)=O)no1. The maximum atomic E-state index is 11.0. The number of rotatable bonds is 3. The van der Waals surface area contributed by atoms with Crippen LogP contribution in [0.15, 0.2) is 4.52 Å². The predicted molar refractivity (Wildman–Crippen MR) is 40.3 cm³/mol. The Kier molecular flexibility index (Phi) is 2.73. The molecule has 0 saturated carbocycles. The molecule has 1 heterocycles. The summed E-state index contributed by atoms with van der Waals surface area (Å²) in [5.41, 5.74) is 0. The van der Waals surface area contributed by atoms with Crippen molar-refractivity contribution < 1.29 is 18.8 Å². The average molecular weight is 184 g/mol. The Balaban J connectivity index is 2.79. The molecule has 0 aliphatic carbocycles. The smallest absolute Gasteiger partial charge is 0.397 e. The molecule has 6 heteroatoms. The van der Waals surface area contributed by atoms with Gasteiger partial charge in [-0.2, -0.15) is 4.98 Å². The standard InChI is InChI=1S/C7H8N2O4/c1-3-12-7(11)6-8-5(4(2)10)9-13-6/h3H2,1-2H3. The van der Waals surface area contributed by atoms with Gasteiger partial charge in [-0.15, -0.1) is 0 Å². The zero-order valence-electron chi connectivity index (χ0n) is 7.23. The Hall–Kier alpha value is -1.72. The molecule has 0 unspecified atom stereocenters. The van der Waals surface area contributed by atoms with Crippen LogP contribution in [-0.4, -0.2) is 28.5 Å². The number of aromatic nitrogens is 2. The van der Waals surface area contributed by atoms with Gasteiger partial charge in [-0.25, -0.2) is 4.79 Å². The van der Waals surface area contributed by atoms with E-state index in [1.165, 1.54) is 6.92 Å². The van der Waals surface area contributed by atoms with Gasteiger partial charge in [0.2, 0.25) is 11.6 Å². The first-order chi connectivity index (χ1) is 6.15. The van der Waals surface area contributed by atoms with Crippen LogP contribution < -0.4 is 0 Å². The highest BCUT2D eigenvalue weighted by Crippen LogP contribution is 1.99. The summed E-state index contributed by atoms with van der Waals surface area (Å²) in [5, 5.41) is 3.28. The molecule has 0 aliphatic heterocycles. The molecule has 0 fully saturated rings. The van der Waals surface area contributed by atoms with Crippen LogP contribution >= 0.6 is 0 Å². The van der Waals surface area contributed by atoms with Crippen LogP contribution in [0.2, 0.25) is 0 Å². The van der Waals surface area contributed by atoms with E-state index in [1.54, 1.807) is 6.92 Å². The number of nitrogens with zero attached hydrogens (tertiary/aromatic N) is 2. The van der Waals surface area contributed by atoms with Gasteiger partial charge < -0.3 is 9.26 Å². The van der Waals surface area contributed by atoms with Crippen LogP contribution in [0.4, 0.5) is 0 Å². The number of carbonyl (C=O) groups is 2. The second-order valence-electron chi connectivity index (χ2n) is 2.20. The molecule has 0 N–H and O–H groups in total. The highest BCUT2D eigenvalue weighted by Gasteiger charge is 2.17. The van der Waals surface area contributed by atoms with E-state index in [2.05, 4.69) is 19.4 Å². The number of hydrogen-bond donors (Lipinski definition) is 0. The topological polar surface area (TPSA) is 82.3 Å². The van der Waals surface area contributed by atoms with Crippen molar-refractivity contribution in [2.24, 2.45) is 0 Å². The van der Waals surface area contributed by atoms with Crippen LogP contribution in [0.3, 0.4) is 0 Å². The molecule has 1 rings (SSSR count). The summed E-state index contributed by atoms with van der Waals surface area (Å²) in [6.45, 7) is 3.15. The maximum Gasteiger partial charge on any atom is 0.397 e. The molecule has 0 bridgehead atoms. The molecular weight excluding hydrogens is 176 g/mol. The summed E-state index contributed by atoms with van der Waals surface area (Å²) in [6, 6.07) is 0. The first-order valence-electron chi connectivity index (χ1n) is 3.67. The molecule has 1 aromatic rings. The van der Waals surface area contributed by atoms with E-state index in [0.29, 0.717) is 0 Å². The van der Waals surface area contributed by atoms with E-state index < -0.39 is 5.97 Å². The van der Waals surface area contributed by atoms with E-state index in [0.717, 1.165) is 0 Å². The number of esters is 1. The van der Waals surface area contributed by atoms with E-state index in [4.69, 9.17) is 0 Å². The third-order valence-corrected chi connectivity index (χ3v) is 1.19. The third kappa shape index (κ3) is 2.11. The summed E-state index contributed by atoms with van der Waals surface area (Å²) in [6.07, 6.45) is 0. The van der Waals surface area contributed by atoms with E-state index in [-0.39, 0.29) is 24.1 Å². The molecule has 6 nitrogen and oxygen atoms in total. The predicted octanol–water partition coefficient (Wildman–Crippen LogP) is 0.449. The third-order valence-electron chi connectivity index (χ3n) is 1.19. The zero-order valence-corrected chi connectivity index (χ0v) is 7.23. The number of ether oxygens (including phenoxy) is 1. The minimum Gasteiger partial charge on any atom is -0.459 e. The molecular formula is C7H8N2O4. The first kappa shape index (κ1) is 9.37. The lowest BCUT2D eigenvalue weighted by molar-refractivity contribution is 0.0470. The van der Waals surface area contributed by atoms with E-state index >= 15 is 0 Å². The van der Waals surface area contributed by atoms with Crippen LogP contribution in [0, 0.1) is 0 Å². The van der Waals surface area contributed by atoms with Gasteiger partial charge in [-0.3, -0.25) is 4.79 Å². The molecule has 13 heavy (non-hydrogen) atoms. The van der Waals surface area contributed by atoms with Crippen LogP contribution in [0.1, 0.15) is 35.2 Å². The first-order valence-corrected chi connectivity index (χ1v) is 3.67. The summed E-state index contributed by atoms with van der Waals surface area (Å²) in [5.74, 6) is -1.50. The summed E-state index contributed by atoms with van der Waals surface area (Å²) >= 11 is 0. The normalized spacial score (nSPS) is 9.69. The fourth-order valence-electron chi connectivity index (χ4n) is 0.642. The molecule has 0 atom stereocenters. The van der Waals surface area contributed by atoms with Crippen molar-refractivity contribution in [3.05, 3.63) is 11.7 Å². The highest BCUT2D eigenvalue weighted by atomic mass is 16.6. The summed E-state index contributed by atoms with van der Waals surface area (Å²) in [7, 11) is 0. The van der Waals surface area contributed by atoms with Gasteiger partial charge in [-0.1, -0.05) is 5.16 Å². The molecule has 0 radical (unpaired) electrons. The van der Waals surface area contributed by atoms with Crippen molar-refractivity contribution in [3.63, 3.8) is 0 Å². The van der Waals surface area contributed by atoms with E-state index in [1.807, 2.05) is 0 Å². The highest BCUT2D eigenvalue weighted by molar-refractivity contribution is 5.91. The Morgan fingerprint density at radius 2 is 2.23 bits per heavy atom. The minimum atomic E-state index is -0.720. The fourth-order valence-corrected chi connectivity index (χ4v) is 0.642. The van der Waals surface area contributed by atoms with Crippen LogP contribution in [0.5, 0.6) is 0 Å². The molecule has 70 valence electrons. The van der Waals surface area contributed by atoms with Gasteiger partial charge in [0.25, 0.3) is 0 Å². The van der Waals surface area contributed by atoms with Gasteiger partial charge in [0.15, 0.2) is 0 Å². The Labute approximate surface area is 73.9 Å². The average Bonchev–Trinajstić information content (AvgIpc) is 2.52. The monoisotopic (exact) mass is 184 g/mol.